The average Bonchev–Trinajstić information content (AvgIpc) is 3.00. The Morgan fingerprint density at radius 3 is 2.81 bits per heavy atom. The van der Waals surface area contributed by atoms with Gasteiger partial charge in [0.05, 0.1) is 24.0 Å². The quantitative estimate of drug-likeness (QED) is 0.800. The lowest BCUT2D eigenvalue weighted by Crippen LogP contribution is -2.22. The first-order valence-corrected chi connectivity index (χ1v) is 6.95. The van der Waals surface area contributed by atoms with Gasteiger partial charge < -0.3 is 9.73 Å². The molecule has 2 heterocycles. The first-order valence-electron chi connectivity index (χ1n) is 6.95. The molecule has 21 heavy (non-hydrogen) atoms. The van der Waals surface area contributed by atoms with Crippen LogP contribution in [0.25, 0.3) is 11.1 Å². The molecule has 0 spiro atoms. The predicted molar refractivity (Wildman–Crippen MR) is 81.1 cm³/mol. The molecule has 110 valence electrons. The molecule has 0 unspecified atom stereocenters. The molecule has 0 aliphatic rings. The second kappa shape index (κ2) is 4.87. The van der Waals surface area contributed by atoms with Crippen LogP contribution in [0.4, 0.5) is 5.69 Å². The molecule has 6 heteroatoms. The minimum absolute atomic E-state index is 0.0610. The van der Waals surface area contributed by atoms with Gasteiger partial charge in [-0.15, -0.1) is 5.10 Å². The number of nitrogens with one attached hydrogen (secondary N) is 1. The molecule has 3 rings (SSSR count). The smallest absolute Gasteiger partial charge is 0.192 e. The van der Waals surface area contributed by atoms with Crippen LogP contribution in [0.15, 0.2) is 28.8 Å². The summed E-state index contributed by atoms with van der Waals surface area (Å²) < 4.78 is 7.39. The summed E-state index contributed by atoms with van der Waals surface area (Å²) in [4.78, 5) is 4.40. The van der Waals surface area contributed by atoms with Crippen molar-refractivity contribution in [3.8, 4) is 0 Å². The lowest BCUT2D eigenvalue weighted by Gasteiger charge is -2.17. The topological polar surface area (TPSA) is 68.8 Å². The van der Waals surface area contributed by atoms with Crippen molar-refractivity contribution in [3.05, 3.63) is 36.0 Å². The molecule has 0 saturated heterocycles. The number of hydrogen-bond acceptors (Lipinski definition) is 5. The minimum atomic E-state index is -0.0610. The van der Waals surface area contributed by atoms with Gasteiger partial charge in [0, 0.05) is 6.92 Å². The van der Waals surface area contributed by atoms with Crippen LogP contribution < -0.4 is 5.32 Å². The Kier molecular flexibility index (Phi) is 3.16. The van der Waals surface area contributed by atoms with Gasteiger partial charge >= 0.3 is 0 Å². The van der Waals surface area contributed by atoms with Crippen LogP contribution in [0.3, 0.4) is 0 Å². The molecular weight excluding hydrogens is 266 g/mol. The number of benzene rings is 1. The number of nitrogens with zero attached hydrogens (tertiary/aromatic N) is 4. The molecule has 0 fully saturated rings. The zero-order valence-electron chi connectivity index (χ0n) is 12.7. The third-order valence-electron chi connectivity index (χ3n) is 3.21. The lowest BCUT2D eigenvalue weighted by molar-refractivity contribution is 0.347. The Balaban J connectivity index is 1.79. The highest BCUT2D eigenvalue weighted by atomic mass is 16.3. The lowest BCUT2D eigenvalue weighted by atomic mass is 10.1. The van der Waals surface area contributed by atoms with Crippen molar-refractivity contribution < 1.29 is 4.42 Å². The van der Waals surface area contributed by atoms with Crippen LogP contribution in [0, 0.1) is 6.92 Å². The molecule has 2 aromatic heterocycles. The fourth-order valence-electron chi connectivity index (χ4n) is 2.10. The summed E-state index contributed by atoms with van der Waals surface area (Å²) in [5.41, 5.74) is 3.40. The maximum absolute atomic E-state index is 5.53. The van der Waals surface area contributed by atoms with Crippen LogP contribution in [-0.2, 0) is 12.1 Å². The van der Waals surface area contributed by atoms with Gasteiger partial charge in [0.2, 0.25) is 0 Å². The molecule has 0 atom stereocenters. The van der Waals surface area contributed by atoms with E-state index in [9.17, 15) is 0 Å². The van der Waals surface area contributed by atoms with Crippen molar-refractivity contribution in [2.24, 2.45) is 0 Å². The Bertz CT molecular complexity index is 766. The normalized spacial score (nSPS) is 12.0. The number of rotatable bonds is 3. The van der Waals surface area contributed by atoms with Crippen LogP contribution in [0.5, 0.6) is 0 Å². The van der Waals surface area contributed by atoms with Crippen LogP contribution in [0.2, 0.25) is 0 Å². The molecule has 0 radical (unpaired) electrons. The first-order chi connectivity index (χ1) is 9.93. The number of fused-ring (bicyclic) bond motifs is 1. The third kappa shape index (κ3) is 2.74. The summed E-state index contributed by atoms with van der Waals surface area (Å²) in [7, 11) is 0. The van der Waals surface area contributed by atoms with Gasteiger partial charge in [0.15, 0.2) is 11.5 Å². The maximum Gasteiger partial charge on any atom is 0.192 e. The van der Waals surface area contributed by atoms with Gasteiger partial charge in [0.1, 0.15) is 11.2 Å². The highest BCUT2D eigenvalue weighted by molar-refractivity contribution is 5.86. The standard InChI is InChI=1S/C15H19N5O/c1-10-17-14-12(6-5-7-13(14)21-10)16-8-11-9-20(19-18-11)15(2,3)4/h5-7,9,16H,8H2,1-4H3. The predicted octanol–water partition coefficient (Wildman–Crippen LogP) is 3.09. The van der Waals surface area contributed by atoms with Crippen molar-refractivity contribution >= 4 is 16.8 Å². The van der Waals surface area contributed by atoms with E-state index in [4.69, 9.17) is 4.42 Å². The second-order valence-corrected chi connectivity index (χ2v) is 6.06. The minimum Gasteiger partial charge on any atom is -0.441 e. The van der Waals surface area contributed by atoms with E-state index in [1.165, 1.54) is 0 Å². The maximum atomic E-state index is 5.53. The highest BCUT2D eigenvalue weighted by Gasteiger charge is 2.15. The van der Waals surface area contributed by atoms with Gasteiger partial charge in [-0.2, -0.15) is 0 Å². The Labute approximate surface area is 123 Å². The van der Waals surface area contributed by atoms with Gasteiger partial charge in [-0.3, -0.25) is 0 Å². The monoisotopic (exact) mass is 285 g/mol. The fourth-order valence-corrected chi connectivity index (χ4v) is 2.10. The van der Waals surface area contributed by atoms with Crippen LogP contribution in [-0.4, -0.2) is 20.0 Å². The van der Waals surface area contributed by atoms with E-state index in [-0.39, 0.29) is 5.54 Å². The first kappa shape index (κ1) is 13.6. The average molecular weight is 285 g/mol. The van der Waals surface area contributed by atoms with Crippen molar-refractivity contribution in [2.45, 2.75) is 39.8 Å². The molecule has 0 bridgehead atoms. The number of para-hydroxylation sites is 1. The van der Waals surface area contributed by atoms with Crippen molar-refractivity contribution in [3.63, 3.8) is 0 Å². The molecular formula is C15H19N5O. The van der Waals surface area contributed by atoms with Crippen molar-refractivity contribution in [1.82, 2.24) is 20.0 Å². The second-order valence-electron chi connectivity index (χ2n) is 6.06. The zero-order chi connectivity index (χ0) is 15.0. The summed E-state index contributed by atoms with van der Waals surface area (Å²) in [6.45, 7) is 8.73. The van der Waals surface area contributed by atoms with Crippen molar-refractivity contribution in [1.29, 1.82) is 0 Å². The summed E-state index contributed by atoms with van der Waals surface area (Å²) >= 11 is 0. The summed E-state index contributed by atoms with van der Waals surface area (Å²) in [6, 6.07) is 5.84. The molecule has 1 N–H and O–H groups in total. The largest absolute Gasteiger partial charge is 0.441 e. The zero-order valence-corrected chi connectivity index (χ0v) is 12.7. The SMILES string of the molecule is Cc1nc2c(NCc3cn(C(C)(C)C)nn3)cccc2o1. The summed E-state index contributed by atoms with van der Waals surface area (Å²) in [5.74, 6) is 0.665. The van der Waals surface area contributed by atoms with E-state index in [2.05, 4.69) is 41.4 Å². The van der Waals surface area contributed by atoms with Crippen LogP contribution >= 0.6 is 0 Å². The van der Waals surface area contributed by atoms with Crippen molar-refractivity contribution in [2.75, 3.05) is 5.32 Å². The third-order valence-corrected chi connectivity index (χ3v) is 3.21. The Morgan fingerprint density at radius 2 is 2.10 bits per heavy atom. The number of aryl methyl sites for hydroxylation is 1. The molecule has 0 saturated carbocycles. The Morgan fingerprint density at radius 1 is 1.29 bits per heavy atom. The van der Waals surface area contributed by atoms with E-state index < -0.39 is 0 Å². The Hall–Kier alpha value is -2.37. The summed E-state index contributed by atoms with van der Waals surface area (Å²) in [5, 5.41) is 11.7. The summed E-state index contributed by atoms with van der Waals surface area (Å²) in [6.07, 6.45) is 1.96. The van der Waals surface area contributed by atoms with Gasteiger partial charge in [-0.25, -0.2) is 9.67 Å². The van der Waals surface area contributed by atoms with E-state index in [0.717, 1.165) is 22.5 Å². The highest BCUT2D eigenvalue weighted by Crippen LogP contribution is 2.23. The molecule has 0 amide bonds. The van der Waals surface area contributed by atoms with Gasteiger partial charge in [-0.1, -0.05) is 11.3 Å². The van der Waals surface area contributed by atoms with E-state index in [1.807, 2.05) is 36.0 Å². The van der Waals surface area contributed by atoms with Gasteiger partial charge in [0.25, 0.3) is 0 Å². The molecule has 3 aromatic rings. The molecule has 6 nitrogen and oxygen atoms in total. The van der Waals surface area contributed by atoms with E-state index in [0.29, 0.717) is 12.4 Å². The number of anilines is 1. The molecule has 1 aromatic carbocycles. The fraction of sp³-hybridized carbons (Fsp3) is 0.400. The number of hydrogen-bond donors (Lipinski definition) is 1. The number of aromatic nitrogens is 4. The molecule has 0 aliphatic carbocycles. The van der Waals surface area contributed by atoms with E-state index in [1.54, 1.807) is 0 Å². The number of oxazole rings is 1. The molecule has 0 aliphatic heterocycles. The van der Waals surface area contributed by atoms with Crippen LogP contribution in [0.1, 0.15) is 32.4 Å². The van der Waals surface area contributed by atoms with E-state index >= 15 is 0 Å². The van der Waals surface area contributed by atoms with Gasteiger partial charge in [-0.05, 0) is 32.9 Å².